The molecule has 2 aromatic carbocycles. The van der Waals surface area contributed by atoms with Crippen LogP contribution in [0.4, 0.5) is 14.9 Å². The summed E-state index contributed by atoms with van der Waals surface area (Å²) in [5, 5.41) is 16.1. The molecule has 1 aromatic heterocycles. The highest BCUT2D eigenvalue weighted by Gasteiger charge is 2.49. The number of amides is 4. The summed E-state index contributed by atoms with van der Waals surface area (Å²) in [5.74, 6) is -0.987. The van der Waals surface area contributed by atoms with Gasteiger partial charge in [0.05, 0.1) is 18.5 Å². The SMILES string of the molecule is COc1ccc(C2(C)NC(=O)N(CC(=O)Nc3cc(-n4nnnc4C)ccc3F)C2=O)cc1. The van der Waals surface area contributed by atoms with E-state index < -0.39 is 35.7 Å². The summed E-state index contributed by atoms with van der Waals surface area (Å²) in [7, 11) is 1.52. The smallest absolute Gasteiger partial charge is 0.325 e. The first-order valence-electron chi connectivity index (χ1n) is 9.86. The third kappa shape index (κ3) is 3.97. The van der Waals surface area contributed by atoms with E-state index in [0.29, 0.717) is 22.8 Å². The summed E-state index contributed by atoms with van der Waals surface area (Å²) >= 11 is 0. The van der Waals surface area contributed by atoms with Crippen molar-refractivity contribution in [3.63, 3.8) is 0 Å². The molecule has 0 radical (unpaired) electrons. The molecule has 12 heteroatoms. The van der Waals surface area contributed by atoms with Crippen LogP contribution in [0.15, 0.2) is 42.5 Å². The minimum atomic E-state index is -1.35. The van der Waals surface area contributed by atoms with Gasteiger partial charge >= 0.3 is 6.03 Å². The third-order valence-corrected chi connectivity index (χ3v) is 5.34. The number of nitrogens with one attached hydrogen (secondary N) is 2. The molecule has 4 amide bonds. The van der Waals surface area contributed by atoms with Gasteiger partial charge in [-0.1, -0.05) is 12.1 Å². The van der Waals surface area contributed by atoms with Gasteiger partial charge in [0.25, 0.3) is 5.91 Å². The maximum atomic E-state index is 14.3. The van der Waals surface area contributed by atoms with Crippen LogP contribution in [0.2, 0.25) is 0 Å². The van der Waals surface area contributed by atoms with Crippen molar-refractivity contribution < 1.29 is 23.5 Å². The van der Waals surface area contributed by atoms with Gasteiger partial charge in [-0.3, -0.25) is 14.5 Å². The van der Waals surface area contributed by atoms with E-state index in [9.17, 15) is 18.8 Å². The van der Waals surface area contributed by atoms with Crippen molar-refractivity contribution >= 4 is 23.5 Å². The molecule has 0 spiro atoms. The Hall–Kier alpha value is -4.35. The molecule has 2 N–H and O–H groups in total. The van der Waals surface area contributed by atoms with Gasteiger partial charge in [0, 0.05) is 0 Å². The Morgan fingerprint density at radius 1 is 1.21 bits per heavy atom. The normalized spacial score (nSPS) is 17.8. The Morgan fingerprint density at radius 2 is 1.94 bits per heavy atom. The molecule has 0 aliphatic carbocycles. The summed E-state index contributed by atoms with van der Waals surface area (Å²) in [6.07, 6.45) is 0. The number of aryl methyl sites for hydroxylation is 1. The van der Waals surface area contributed by atoms with Gasteiger partial charge < -0.3 is 15.4 Å². The molecule has 0 saturated carbocycles. The summed E-state index contributed by atoms with van der Waals surface area (Å²) in [6, 6.07) is 9.86. The number of hydrogen-bond donors (Lipinski definition) is 2. The number of imide groups is 1. The Kier molecular flexibility index (Phi) is 5.50. The predicted molar refractivity (Wildman–Crippen MR) is 113 cm³/mol. The second kappa shape index (κ2) is 8.30. The average Bonchev–Trinajstić information content (AvgIpc) is 3.32. The van der Waals surface area contributed by atoms with Crippen LogP contribution in [0, 0.1) is 12.7 Å². The van der Waals surface area contributed by atoms with Crippen LogP contribution in [0.25, 0.3) is 5.69 Å². The van der Waals surface area contributed by atoms with Crippen molar-refractivity contribution in [1.82, 2.24) is 30.4 Å². The molecule has 1 aliphatic heterocycles. The number of nitrogens with zero attached hydrogens (tertiary/aromatic N) is 5. The van der Waals surface area contributed by atoms with Crippen LogP contribution in [0.3, 0.4) is 0 Å². The zero-order valence-corrected chi connectivity index (χ0v) is 18.0. The van der Waals surface area contributed by atoms with E-state index in [1.165, 1.54) is 23.9 Å². The molecule has 1 atom stereocenters. The molecule has 33 heavy (non-hydrogen) atoms. The first-order valence-corrected chi connectivity index (χ1v) is 9.86. The molecular formula is C21H20FN7O4. The Bertz CT molecular complexity index is 1240. The Balaban J connectivity index is 1.50. The molecular weight excluding hydrogens is 433 g/mol. The minimum absolute atomic E-state index is 0.141. The topological polar surface area (TPSA) is 131 Å². The zero-order valence-electron chi connectivity index (χ0n) is 18.0. The van der Waals surface area contributed by atoms with Crippen molar-refractivity contribution in [2.45, 2.75) is 19.4 Å². The monoisotopic (exact) mass is 453 g/mol. The van der Waals surface area contributed by atoms with Gasteiger partial charge in [-0.05, 0) is 60.2 Å². The molecule has 1 saturated heterocycles. The van der Waals surface area contributed by atoms with Gasteiger partial charge in [0.2, 0.25) is 5.91 Å². The van der Waals surface area contributed by atoms with E-state index in [-0.39, 0.29) is 5.69 Å². The van der Waals surface area contributed by atoms with E-state index in [1.807, 2.05) is 0 Å². The number of carbonyl (C=O) groups excluding carboxylic acids is 3. The van der Waals surface area contributed by atoms with Crippen molar-refractivity contribution in [2.24, 2.45) is 0 Å². The minimum Gasteiger partial charge on any atom is -0.497 e. The van der Waals surface area contributed by atoms with Crippen molar-refractivity contribution in [3.05, 3.63) is 59.7 Å². The Labute approximate surface area is 187 Å². The lowest BCUT2D eigenvalue weighted by Crippen LogP contribution is -2.42. The number of halogens is 1. The van der Waals surface area contributed by atoms with Crippen LogP contribution >= 0.6 is 0 Å². The number of ether oxygens (including phenoxy) is 1. The number of benzene rings is 2. The largest absolute Gasteiger partial charge is 0.497 e. The molecule has 4 rings (SSSR count). The highest BCUT2D eigenvalue weighted by atomic mass is 19.1. The zero-order chi connectivity index (χ0) is 23.8. The van der Waals surface area contributed by atoms with E-state index in [4.69, 9.17) is 4.74 Å². The van der Waals surface area contributed by atoms with Crippen LogP contribution in [-0.4, -0.2) is 56.6 Å². The molecule has 1 unspecified atom stereocenters. The quantitative estimate of drug-likeness (QED) is 0.541. The van der Waals surface area contributed by atoms with Crippen LogP contribution < -0.4 is 15.4 Å². The van der Waals surface area contributed by atoms with Gasteiger partial charge in [-0.2, -0.15) is 4.68 Å². The first-order chi connectivity index (χ1) is 15.7. The Morgan fingerprint density at radius 3 is 2.58 bits per heavy atom. The standard InChI is InChI=1S/C21H20FN7O4/c1-12-25-26-27-29(12)14-6-9-16(22)17(10-14)23-18(30)11-28-19(31)21(2,24-20(28)32)13-4-7-15(33-3)8-5-13/h4-10H,11H2,1-3H3,(H,23,30)(H,24,32). The summed E-state index contributed by atoms with van der Waals surface area (Å²) < 4.78 is 20.8. The fourth-order valence-corrected chi connectivity index (χ4v) is 3.50. The molecule has 2 heterocycles. The van der Waals surface area contributed by atoms with Crippen LogP contribution in [0.1, 0.15) is 18.3 Å². The molecule has 11 nitrogen and oxygen atoms in total. The van der Waals surface area contributed by atoms with E-state index >= 15 is 0 Å². The number of methoxy groups -OCH3 is 1. The van der Waals surface area contributed by atoms with Gasteiger partial charge in [-0.25, -0.2) is 9.18 Å². The summed E-state index contributed by atoms with van der Waals surface area (Å²) in [6.45, 7) is 2.62. The van der Waals surface area contributed by atoms with Crippen molar-refractivity contribution in [1.29, 1.82) is 0 Å². The van der Waals surface area contributed by atoms with Crippen molar-refractivity contribution in [2.75, 3.05) is 19.0 Å². The molecule has 1 fully saturated rings. The third-order valence-electron chi connectivity index (χ3n) is 5.34. The van der Waals surface area contributed by atoms with E-state index in [2.05, 4.69) is 26.2 Å². The summed E-state index contributed by atoms with van der Waals surface area (Å²) in [4.78, 5) is 38.9. The number of aromatic nitrogens is 4. The molecule has 1 aliphatic rings. The lowest BCUT2D eigenvalue weighted by Gasteiger charge is -2.22. The van der Waals surface area contributed by atoms with Gasteiger partial charge in [0.15, 0.2) is 5.82 Å². The average molecular weight is 453 g/mol. The highest BCUT2D eigenvalue weighted by Crippen LogP contribution is 2.30. The fourth-order valence-electron chi connectivity index (χ4n) is 3.50. The fraction of sp³-hybridized carbons (Fsp3) is 0.238. The molecule has 0 bridgehead atoms. The number of anilines is 1. The van der Waals surface area contributed by atoms with Crippen LogP contribution in [-0.2, 0) is 15.1 Å². The second-order valence-electron chi connectivity index (χ2n) is 7.53. The maximum Gasteiger partial charge on any atom is 0.325 e. The highest BCUT2D eigenvalue weighted by molar-refractivity contribution is 6.10. The second-order valence-corrected chi connectivity index (χ2v) is 7.53. The first kappa shape index (κ1) is 21.9. The van der Waals surface area contributed by atoms with Crippen LogP contribution in [0.5, 0.6) is 5.75 Å². The van der Waals surface area contributed by atoms with Crippen molar-refractivity contribution in [3.8, 4) is 11.4 Å². The lowest BCUT2D eigenvalue weighted by molar-refractivity contribution is -0.133. The predicted octanol–water partition coefficient (Wildman–Crippen LogP) is 1.52. The number of tetrazole rings is 1. The number of hydrogen-bond acceptors (Lipinski definition) is 7. The maximum absolute atomic E-state index is 14.3. The number of rotatable bonds is 6. The summed E-state index contributed by atoms with van der Waals surface area (Å²) in [5.41, 5.74) is -0.541. The number of carbonyl (C=O) groups is 3. The lowest BCUT2D eigenvalue weighted by atomic mass is 9.92. The van der Waals surface area contributed by atoms with Gasteiger partial charge in [-0.15, -0.1) is 5.10 Å². The molecule has 3 aromatic rings. The van der Waals surface area contributed by atoms with E-state index in [1.54, 1.807) is 38.1 Å². The van der Waals surface area contributed by atoms with Gasteiger partial charge in [0.1, 0.15) is 23.7 Å². The van der Waals surface area contributed by atoms with E-state index in [0.717, 1.165) is 11.0 Å². The number of urea groups is 1. The molecule has 170 valence electrons.